The van der Waals surface area contributed by atoms with Crippen molar-refractivity contribution in [3.05, 3.63) is 60.2 Å². The second kappa shape index (κ2) is 11.7. The molecule has 1 N–H and O–H groups in total. The Balaban J connectivity index is 2.04. The number of para-hydroxylation sites is 1. The second-order valence-electron chi connectivity index (χ2n) is 6.68. The monoisotopic (exact) mass is 398 g/mol. The number of amides is 2. The fourth-order valence-electron chi connectivity index (χ4n) is 3.13. The summed E-state index contributed by atoms with van der Waals surface area (Å²) < 4.78 is 10.9. The molecule has 29 heavy (non-hydrogen) atoms. The Bertz CT molecular complexity index is 779. The average molecular weight is 399 g/mol. The van der Waals surface area contributed by atoms with Gasteiger partial charge in [0.15, 0.2) is 0 Å². The topological polar surface area (TPSA) is 67.9 Å². The van der Waals surface area contributed by atoms with Gasteiger partial charge in [0.25, 0.3) is 0 Å². The first-order valence-corrected chi connectivity index (χ1v) is 9.90. The smallest absolute Gasteiger partial charge is 0.242 e. The van der Waals surface area contributed by atoms with Crippen LogP contribution in [0.5, 0.6) is 11.5 Å². The Morgan fingerprint density at radius 3 is 2.45 bits per heavy atom. The number of carbonyl (C=O) groups excluding carboxylic acids is 2. The lowest BCUT2D eigenvalue weighted by molar-refractivity contribution is -0.141. The molecule has 0 saturated carbocycles. The molecule has 0 saturated heterocycles. The van der Waals surface area contributed by atoms with Crippen molar-refractivity contribution in [3.8, 4) is 11.5 Å². The van der Waals surface area contributed by atoms with Crippen LogP contribution >= 0.6 is 0 Å². The number of likely N-dealkylation sites (N-methyl/N-ethyl adjacent to an activating group) is 1. The van der Waals surface area contributed by atoms with Crippen LogP contribution in [0.3, 0.4) is 0 Å². The molecule has 0 radical (unpaired) electrons. The molecule has 2 amide bonds. The molecule has 156 valence electrons. The lowest BCUT2D eigenvalue weighted by Gasteiger charge is -2.30. The number of hydrogen-bond donors (Lipinski definition) is 1. The maximum atomic E-state index is 13.0. The van der Waals surface area contributed by atoms with Gasteiger partial charge in [-0.2, -0.15) is 0 Å². The Morgan fingerprint density at radius 2 is 1.79 bits per heavy atom. The van der Waals surface area contributed by atoms with Crippen molar-refractivity contribution in [3.63, 3.8) is 0 Å². The molecule has 2 aromatic carbocycles. The Morgan fingerprint density at radius 1 is 1.07 bits per heavy atom. The predicted octanol–water partition coefficient (Wildman–Crippen LogP) is 3.41. The van der Waals surface area contributed by atoms with Gasteiger partial charge >= 0.3 is 0 Å². The maximum absolute atomic E-state index is 13.0. The SMILES string of the molecule is CCC(C(=O)NC)N(Cc1cccc(OC)c1)C(=O)CCCOc1ccccc1. The standard InChI is InChI=1S/C23H30N2O4/c1-4-21(23(27)24-2)25(17-18-10-8-13-20(16-18)28-3)22(26)14-9-15-29-19-11-6-5-7-12-19/h5-8,10-13,16,21H,4,9,14-15,17H2,1-3H3,(H,24,27). The molecule has 1 unspecified atom stereocenters. The zero-order valence-electron chi connectivity index (χ0n) is 17.4. The van der Waals surface area contributed by atoms with E-state index >= 15 is 0 Å². The van der Waals surface area contributed by atoms with Crippen molar-refractivity contribution >= 4 is 11.8 Å². The summed E-state index contributed by atoms with van der Waals surface area (Å²) in [5, 5.41) is 2.67. The summed E-state index contributed by atoms with van der Waals surface area (Å²) in [6.45, 7) is 2.70. The fraction of sp³-hybridized carbons (Fsp3) is 0.391. The normalized spacial score (nSPS) is 11.4. The Labute approximate surface area is 172 Å². The van der Waals surface area contributed by atoms with Crippen LogP contribution in [0.15, 0.2) is 54.6 Å². The van der Waals surface area contributed by atoms with Crippen LogP contribution in [0.4, 0.5) is 0 Å². The van der Waals surface area contributed by atoms with Crippen LogP contribution in [-0.4, -0.2) is 43.5 Å². The summed E-state index contributed by atoms with van der Waals surface area (Å²) in [6, 6.07) is 16.5. The quantitative estimate of drug-likeness (QED) is 0.589. The average Bonchev–Trinajstić information content (AvgIpc) is 2.77. The van der Waals surface area contributed by atoms with Crippen molar-refractivity contribution in [2.75, 3.05) is 20.8 Å². The Kier molecular flexibility index (Phi) is 9.02. The molecule has 0 aliphatic carbocycles. The molecular weight excluding hydrogens is 368 g/mol. The molecule has 0 heterocycles. The van der Waals surface area contributed by atoms with Crippen LogP contribution in [0, 0.1) is 0 Å². The molecule has 0 aliphatic heterocycles. The summed E-state index contributed by atoms with van der Waals surface area (Å²) in [4.78, 5) is 27.0. The minimum absolute atomic E-state index is 0.0695. The van der Waals surface area contributed by atoms with Gasteiger partial charge in [0, 0.05) is 20.0 Å². The highest BCUT2D eigenvalue weighted by atomic mass is 16.5. The van der Waals surface area contributed by atoms with E-state index in [0.717, 1.165) is 17.1 Å². The summed E-state index contributed by atoms with van der Waals surface area (Å²) in [6.07, 6.45) is 1.42. The number of nitrogens with one attached hydrogen (secondary N) is 1. The minimum atomic E-state index is -0.520. The largest absolute Gasteiger partial charge is 0.497 e. The van der Waals surface area contributed by atoms with Crippen LogP contribution in [-0.2, 0) is 16.1 Å². The van der Waals surface area contributed by atoms with E-state index in [1.165, 1.54) is 0 Å². The van der Waals surface area contributed by atoms with Crippen molar-refractivity contribution < 1.29 is 19.1 Å². The highest BCUT2D eigenvalue weighted by Crippen LogP contribution is 2.18. The van der Waals surface area contributed by atoms with E-state index in [4.69, 9.17) is 9.47 Å². The number of carbonyl (C=O) groups is 2. The first-order valence-electron chi connectivity index (χ1n) is 9.90. The number of nitrogens with zero attached hydrogens (tertiary/aromatic N) is 1. The molecular formula is C23H30N2O4. The molecule has 0 spiro atoms. The van der Waals surface area contributed by atoms with Gasteiger partial charge in [-0.1, -0.05) is 37.3 Å². The van der Waals surface area contributed by atoms with E-state index in [0.29, 0.717) is 32.4 Å². The van der Waals surface area contributed by atoms with Crippen LogP contribution < -0.4 is 14.8 Å². The summed E-state index contributed by atoms with van der Waals surface area (Å²) in [7, 11) is 3.20. The second-order valence-corrected chi connectivity index (χ2v) is 6.68. The van der Waals surface area contributed by atoms with Gasteiger partial charge in [-0.15, -0.1) is 0 Å². The van der Waals surface area contributed by atoms with Gasteiger partial charge < -0.3 is 19.7 Å². The first-order chi connectivity index (χ1) is 14.1. The number of methoxy groups -OCH3 is 1. The van der Waals surface area contributed by atoms with Crippen LogP contribution in [0.2, 0.25) is 0 Å². The van der Waals surface area contributed by atoms with Crippen LogP contribution in [0.1, 0.15) is 31.7 Å². The first kappa shape index (κ1) is 22.3. The highest BCUT2D eigenvalue weighted by molar-refractivity contribution is 5.87. The van der Waals surface area contributed by atoms with E-state index in [1.54, 1.807) is 19.1 Å². The fourth-order valence-corrected chi connectivity index (χ4v) is 3.13. The third-order valence-electron chi connectivity index (χ3n) is 4.67. The molecule has 2 rings (SSSR count). The van der Waals surface area contributed by atoms with Crippen LogP contribution in [0.25, 0.3) is 0 Å². The maximum Gasteiger partial charge on any atom is 0.242 e. The zero-order valence-corrected chi connectivity index (χ0v) is 17.4. The minimum Gasteiger partial charge on any atom is -0.497 e. The van der Waals surface area contributed by atoms with Gasteiger partial charge in [0.1, 0.15) is 17.5 Å². The number of hydrogen-bond acceptors (Lipinski definition) is 4. The summed E-state index contributed by atoms with van der Waals surface area (Å²) in [5.41, 5.74) is 0.917. The number of benzene rings is 2. The van der Waals surface area contributed by atoms with E-state index in [1.807, 2.05) is 61.5 Å². The summed E-state index contributed by atoms with van der Waals surface area (Å²) in [5.74, 6) is 1.27. The molecule has 6 heteroatoms. The molecule has 2 aromatic rings. The number of ether oxygens (including phenoxy) is 2. The van der Waals surface area contributed by atoms with Crippen molar-refractivity contribution in [2.45, 2.75) is 38.8 Å². The molecule has 0 aliphatic rings. The van der Waals surface area contributed by atoms with E-state index in [2.05, 4.69) is 5.32 Å². The van der Waals surface area contributed by atoms with Crippen molar-refractivity contribution in [2.24, 2.45) is 0 Å². The van der Waals surface area contributed by atoms with E-state index in [9.17, 15) is 9.59 Å². The van der Waals surface area contributed by atoms with Gasteiger partial charge in [-0.25, -0.2) is 0 Å². The highest BCUT2D eigenvalue weighted by Gasteiger charge is 2.27. The van der Waals surface area contributed by atoms with Gasteiger partial charge in [-0.05, 0) is 42.7 Å². The Hall–Kier alpha value is -3.02. The predicted molar refractivity (Wildman–Crippen MR) is 113 cm³/mol. The van der Waals surface area contributed by atoms with Gasteiger partial charge in [0.2, 0.25) is 11.8 Å². The van der Waals surface area contributed by atoms with E-state index < -0.39 is 6.04 Å². The molecule has 0 aromatic heterocycles. The lowest BCUT2D eigenvalue weighted by Crippen LogP contribution is -2.48. The number of rotatable bonds is 11. The molecule has 1 atom stereocenters. The third-order valence-corrected chi connectivity index (χ3v) is 4.67. The van der Waals surface area contributed by atoms with Gasteiger partial charge in [-0.3, -0.25) is 9.59 Å². The lowest BCUT2D eigenvalue weighted by atomic mass is 10.1. The molecule has 6 nitrogen and oxygen atoms in total. The third kappa shape index (κ3) is 6.82. The zero-order chi connectivity index (χ0) is 21.1. The molecule has 0 fully saturated rings. The van der Waals surface area contributed by atoms with Crippen molar-refractivity contribution in [1.29, 1.82) is 0 Å². The van der Waals surface area contributed by atoms with E-state index in [-0.39, 0.29) is 11.8 Å². The van der Waals surface area contributed by atoms with Crippen molar-refractivity contribution in [1.82, 2.24) is 10.2 Å². The van der Waals surface area contributed by atoms with Gasteiger partial charge in [0.05, 0.1) is 13.7 Å². The molecule has 0 bridgehead atoms. The summed E-state index contributed by atoms with van der Waals surface area (Å²) >= 11 is 0.